The van der Waals surface area contributed by atoms with Gasteiger partial charge in [-0.15, -0.1) is 0 Å². The van der Waals surface area contributed by atoms with Crippen molar-refractivity contribution < 1.29 is 4.74 Å². The topological polar surface area (TPSA) is 61.8 Å². The van der Waals surface area contributed by atoms with Gasteiger partial charge in [0, 0.05) is 23.4 Å². The molecule has 1 aromatic carbocycles. The molecule has 0 fully saturated rings. The highest BCUT2D eigenvalue weighted by molar-refractivity contribution is 5.81. The van der Waals surface area contributed by atoms with Gasteiger partial charge in [0.2, 0.25) is 0 Å². The summed E-state index contributed by atoms with van der Waals surface area (Å²) in [4.78, 5) is 0. The Kier molecular flexibility index (Phi) is 3.77. The molecule has 4 heteroatoms. The van der Waals surface area contributed by atoms with Crippen LogP contribution in [0.15, 0.2) is 30.3 Å². The summed E-state index contributed by atoms with van der Waals surface area (Å²) in [6.07, 6.45) is 0.601. The van der Waals surface area contributed by atoms with E-state index in [1.807, 2.05) is 37.3 Å². The lowest BCUT2D eigenvalue weighted by atomic mass is 10.1. The van der Waals surface area contributed by atoms with Gasteiger partial charge in [0.05, 0.1) is 12.3 Å². The first-order valence-electron chi connectivity index (χ1n) is 6.01. The molecule has 94 valence electrons. The average Bonchev–Trinajstić information content (AvgIpc) is 2.77. The Morgan fingerprint density at radius 1 is 1.39 bits per heavy atom. The van der Waals surface area contributed by atoms with E-state index in [-0.39, 0.29) is 0 Å². The van der Waals surface area contributed by atoms with E-state index in [0.717, 1.165) is 22.7 Å². The summed E-state index contributed by atoms with van der Waals surface area (Å²) in [7, 11) is 0. The monoisotopic (exact) mass is 243 g/mol. The maximum absolute atomic E-state index is 7.48. The molecule has 1 aromatic heterocycles. The van der Waals surface area contributed by atoms with Gasteiger partial charge in [0.15, 0.2) is 0 Å². The Bertz CT molecular complexity index is 545. The highest BCUT2D eigenvalue weighted by atomic mass is 16.5. The van der Waals surface area contributed by atoms with E-state index >= 15 is 0 Å². The molecule has 2 N–H and O–H groups in total. The van der Waals surface area contributed by atoms with Crippen LogP contribution >= 0.6 is 0 Å². The van der Waals surface area contributed by atoms with Gasteiger partial charge >= 0.3 is 0 Å². The van der Waals surface area contributed by atoms with Crippen LogP contribution in [0.5, 0.6) is 5.75 Å². The Hall–Kier alpha value is -2.10. The molecule has 0 aliphatic heterocycles. The van der Waals surface area contributed by atoms with Gasteiger partial charge in [-0.1, -0.05) is 12.1 Å². The fourth-order valence-corrected chi connectivity index (χ4v) is 1.84. The molecule has 0 radical (unpaired) electrons. The van der Waals surface area contributed by atoms with Gasteiger partial charge in [-0.25, -0.2) is 0 Å². The highest BCUT2D eigenvalue weighted by Crippen LogP contribution is 2.28. The van der Waals surface area contributed by atoms with E-state index in [2.05, 4.69) is 10.2 Å². The van der Waals surface area contributed by atoms with Crippen LogP contribution in [0.2, 0.25) is 0 Å². The predicted molar refractivity (Wildman–Crippen MR) is 72.3 cm³/mol. The van der Waals surface area contributed by atoms with E-state index in [9.17, 15) is 0 Å². The third kappa shape index (κ3) is 2.77. The number of hydrogen-bond donors (Lipinski definition) is 2. The zero-order valence-electron chi connectivity index (χ0n) is 10.7. The minimum absolute atomic E-state index is 0.601. The normalized spacial score (nSPS) is 10.3. The molecule has 0 bridgehead atoms. The molecule has 0 atom stereocenters. The standard InChI is InChI=1S/C14H17N3O/c1-3-18-14-7-5-4-6-12(14)13-9-11(16-17-13)8-10(2)15/h4-7,9,15H,3,8H2,1-2H3,(H,16,17). The molecular formula is C14H17N3O. The molecule has 2 aromatic rings. The van der Waals surface area contributed by atoms with E-state index in [1.54, 1.807) is 6.92 Å². The smallest absolute Gasteiger partial charge is 0.128 e. The van der Waals surface area contributed by atoms with Gasteiger partial charge in [-0.2, -0.15) is 5.10 Å². The summed E-state index contributed by atoms with van der Waals surface area (Å²) >= 11 is 0. The Labute approximate surface area is 107 Å². The average molecular weight is 243 g/mol. The zero-order chi connectivity index (χ0) is 13.0. The van der Waals surface area contributed by atoms with Crippen molar-refractivity contribution in [3.8, 4) is 17.0 Å². The van der Waals surface area contributed by atoms with E-state index < -0.39 is 0 Å². The van der Waals surface area contributed by atoms with Crippen molar-refractivity contribution in [1.82, 2.24) is 10.2 Å². The van der Waals surface area contributed by atoms with Crippen molar-refractivity contribution in [3.63, 3.8) is 0 Å². The van der Waals surface area contributed by atoms with Crippen LogP contribution in [0.1, 0.15) is 19.5 Å². The SMILES string of the molecule is CCOc1ccccc1-c1cc(CC(C)=N)[nH]n1. The lowest BCUT2D eigenvalue weighted by Crippen LogP contribution is -1.94. The number of H-pyrrole nitrogens is 1. The maximum atomic E-state index is 7.48. The summed E-state index contributed by atoms with van der Waals surface area (Å²) < 4.78 is 5.59. The number of aromatic nitrogens is 2. The van der Waals surface area contributed by atoms with Crippen molar-refractivity contribution in [2.45, 2.75) is 20.3 Å². The van der Waals surface area contributed by atoms with Crippen molar-refractivity contribution >= 4 is 5.71 Å². The Morgan fingerprint density at radius 2 is 2.17 bits per heavy atom. The number of nitrogens with one attached hydrogen (secondary N) is 2. The number of benzene rings is 1. The van der Waals surface area contributed by atoms with Gasteiger partial charge in [0.25, 0.3) is 0 Å². The van der Waals surface area contributed by atoms with Crippen LogP contribution in [0.25, 0.3) is 11.3 Å². The number of rotatable bonds is 5. The van der Waals surface area contributed by atoms with Crippen LogP contribution in [0, 0.1) is 5.41 Å². The molecule has 2 rings (SSSR count). The quantitative estimate of drug-likeness (QED) is 0.793. The first-order chi connectivity index (χ1) is 8.70. The number of para-hydroxylation sites is 1. The van der Waals surface area contributed by atoms with Crippen molar-refractivity contribution in [2.24, 2.45) is 0 Å². The lowest BCUT2D eigenvalue weighted by molar-refractivity contribution is 0.341. The number of aromatic amines is 1. The van der Waals surface area contributed by atoms with E-state index in [1.165, 1.54) is 0 Å². The second-order valence-electron chi connectivity index (χ2n) is 4.16. The molecule has 0 aliphatic carbocycles. The van der Waals surface area contributed by atoms with Crippen molar-refractivity contribution in [1.29, 1.82) is 5.41 Å². The Balaban J connectivity index is 2.30. The molecule has 0 unspecified atom stereocenters. The summed E-state index contributed by atoms with van der Waals surface area (Å²) in [5, 5.41) is 14.7. The third-order valence-electron chi connectivity index (χ3n) is 2.55. The summed E-state index contributed by atoms with van der Waals surface area (Å²) in [6.45, 7) is 4.38. The van der Waals surface area contributed by atoms with Gasteiger partial charge < -0.3 is 10.1 Å². The van der Waals surface area contributed by atoms with Gasteiger partial charge in [-0.3, -0.25) is 5.10 Å². The van der Waals surface area contributed by atoms with Crippen LogP contribution in [0.3, 0.4) is 0 Å². The van der Waals surface area contributed by atoms with Crippen LogP contribution in [0.4, 0.5) is 0 Å². The van der Waals surface area contributed by atoms with Crippen molar-refractivity contribution in [3.05, 3.63) is 36.0 Å². The lowest BCUT2D eigenvalue weighted by Gasteiger charge is -2.07. The second-order valence-corrected chi connectivity index (χ2v) is 4.16. The van der Waals surface area contributed by atoms with E-state index in [4.69, 9.17) is 10.1 Å². The van der Waals surface area contributed by atoms with Crippen LogP contribution in [-0.2, 0) is 6.42 Å². The molecule has 0 amide bonds. The third-order valence-corrected chi connectivity index (χ3v) is 2.55. The van der Waals surface area contributed by atoms with Crippen molar-refractivity contribution in [2.75, 3.05) is 6.61 Å². The number of nitrogens with zero attached hydrogens (tertiary/aromatic N) is 1. The van der Waals surface area contributed by atoms with E-state index in [0.29, 0.717) is 18.7 Å². The number of hydrogen-bond acceptors (Lipinski definition) is 3. The molecule has 4 nitrogen and oxygen atoms in total. The largest absolute Gasteiger partial charge is 0.493 e. The summed E-state index contributed by atoms with van der Waals surface area (Å²) in [6, 6.07) is 9.81. The molecular weight excluding hydrogens is 226 g/mol. The van der Waals surface area contributed by atoms with Gasteiger partial charge in [-0.05, 0) is 32.0 Å². The highest BCUT2D eigenvalue weighted by Gasteiger charge is 2.09. The fourth-order valence-electron chi connectivity index (χ4n) is 1.84. The maximum Gasteiger partial charge on any atom is 0.128 e. The zero-order valence-corrected chi connectivity index (χ0v) is 10.7. The molecule has 0 saturated carbocycles. The fraction of sp³-hybridized carbons (Fsp3) is 0.286. The predicted octanol–water partition coefficient (Wildman–Crippen LogP) is 3.06. The van der Waals surface area contributed by atoms with Crippen LogP contribution < -0.4 is 4.74 Å². The molecule has 18 heavy (non-hydrogen) atoms. The molecule has 1 heterocycles. The molecule has 0 spiro atoms. The first-order valence-corrected chi connectivity index (χ1v) is 6.01. The minimum atomic E-state index is 0.601. The van der Waals surface area contributed by atoms with Crippen LogP contribution in [-0.4, -0.2) is 22.5 Å². The molecule has 0 saturated heterocycles. The van der Waals surface area contributed by atoms with Gasteiger partial charge in [0.1, 0.15) is 5.75 Å². The first kappa shape index (κ1) is 12.4. The summed E-state index contributed by atoms with van der Waals surface area (Å²) in [5.41, 5.74) is 3.40. The second kappa shape index (κ2) is 5.49. The minimum Gasteiger partial charge on any atom is -0.493 e. The Morgan fingerprint density at radius 3 is 2.89 bits per heavy atom. The summed E-state index contributed by atoms with van der Waals surface area (Å²) in [5.74, 6) is 0.838. The molecule has 0 aliphatic rings. The number of ether oxygens (including phenoxy) is 1.